The Labute approximate surface area is 238 Å². The van der Waals surface area contributed by atoms with E-state index in [0.29, 0.717) is 43.8 Å². The van der Waals surface area contributed by atoms with Gasteiger partial charge >= 0.3 is 0 Å². The fraction of sp³-hybridized carbons (Fsp3) is 0.357. The first-order valence-electron chi connectivity index (χ1n) is 13.6. The largest absolute Gasteiger partial charge is 0.506 e. The number of aromatic hydroxyl groups is 1. The molecule has 0 bridgehead atoms. The van der Waals surface area contributed by atoms with Crippen LogP contribution in [-0.4, -0.2) is 76.3 Å². The molecule has 2 aliphatic heterocycles. The lowest BCUT2D eigenvalue weighted by Gasteiger charge is -2.37. The summed E-state index contributed by atoms with van der Waals surface area (Å²) < 4.78 is 0. The maximum Gasteiger partial charge on any atom is 0.248 e. The zero-order valence-electron chi connectivity index (χ0n) is 22.7. The molecular formula is C28H37N11O2. The van der Waals surface area contributed by atoms with Gasteiger partial charge in [-0.25, -0.2) is 0 Å². The molecule has 2 aromatic carbocycles. The fourth-order valence-electron chi connectivity index (χ4n) is 5.13. The number of rotatable bonds is 7. The lowest BCUT2D eigenvalue weighted by atomic mass is 10.0. The molecule has 41 heavy (non-hydrogen) atoms. The van der Waals surface area contributed by atoms with E-state index in [2.05, 4.69) is 20.6 Å². The summed E-state index contributed by atoms with van der Waals surface area (Å²) in [6.45, 7) is 2.24. The van der Waals surface area contributed by atoms with Gasteiger partial charge < -0.3 is 48.5 Å². The average molecular weight is 560 g/mol. The van der Waals surface area contributed by atoms with Crippen LogP contribution in [0.3, 0.4) is 0 Å². The Kier molecular flexibility index (Phi) is 8.59. The monoisotopic (exact) mass is 559 g/mol. The smallest absolute Gasteiger partial charge is 0.248 e. The summed E-state index contributed by atoms with van der Waals surface area (Å²) >= 11 is 0. The highest BCUT2D eigenvalue weighted by atomic mass is 16.3. The van der Waals surface area contributed by atoms with Crippen molar-refractivity contribution in [2.24, 2.45) is 22.9 Å². The Morgan fingerprint density at radius 2 is 1.39 bits per heavy atom. The number of phenolic OH excluding ortho intramolecular Hbond substituents is 1. The maximum absolute atomic E-state index is 12.4. The molecule has 3 heterocycles. The molecule has 1 amide bonds. The van der Waals surface area contributed by atoms with E-state index in [4.69, 9.17) is 27.9 Å². The number of benzene rings is 2. The predicted octanol–water partition coefficient (Wildman–Crippen LogP) is 0.702. The summed E-state index contributed by atoms with van der Waals surface area (Å²) in [5.41, 5.74) is 26.6. The minimum Gasteiger partial charge on any atom is -0.506 e. The first-order valence-corrected chi connectivity index (χ1v) is 13.6. The topological polar surface area (TPSA) is 211 Å². The van der Waals surface area contributed by atoms with Crippen molar-refractivity contribution in [1.29, 1.82) is 0 Å². The first kappa shape index (κ1) is 28.2. The van der Waals surface area contributed by atoms with Crippen molar-refractivity contribution < 1.29 is 9.90 Å². The molecule has 0 spiro atoms. The number of hydrogen-bond donors (Lipinski definition) is 7. The van der Waals surface area contributed by atoms with Crippen molar-refractivity contribution in [3.63, 3.8) is 0 Å². The second-order valence-electron chi connectivity index (χ2n) is 10.7. The number of nitrogens with one attached hydrogen (secondary N) is 2. The lowest BCUT2D eigenvalue weighted by Crippen LogP contribution is -2.54. The van der Waals surface area contributed by atoms with Gasteiger partial charge in [0.15, 0.2) is 0 Å². The zero-order chi connectivity index (χ0) is 28.9. The molecule has 0 aliphatic carbocycles. The second-order valence-corrected chi connectivity index (χ2v) is 10.7. The summed E-state index contributed by atoms with van der Waals surface area (Å²) in [5.74, 6) is 0.662. The molecular weight excluding hydrogens is 522 g/mol. The van der Waals surface area contributed by atoms with E-state index in [1.165, 1.54) is 12.1 Å². The minimum atomic E-state index is -0.368. The van der Waals surface area contributed by atoms with Crippen molar-refractivity contribution >= 4 is 41.2 Å². The van der Waals surface area contributed by atoms with E-state index < -0.39 is 0 Å². The number of carbonyl (C=O) groups is 1. The van der Waals surface area contributed by atoms with Crippen LogP contribution >= 0.6 is 0 Å². The van der Waals surface area contributed by atoms with Crippen LogP contribution in [0.2, 0.25) is 0 Å². The maximum atomic E-state index is 12.4. The Hall–Kier alpha value is -4.30. The zero-order valence-corrected chi connectivity index (χ0v) is 22.7. The van der Waals surface area contributed by atoms with Crippen molar-refractivity contribution in [3.05, 3.63) is 60.2 Å². The molecule has 5 rings (SSSR count). The van der Waals surface area contributed by atoms with E-state index in [1.54, 1.807) is 18.2 Å². The van der Waals surface area contributed by atoms with Crippen LogP contribution < -0.4 is 43.4 Å². The number of carbonyl (C=O) groups excluding carboxylic acids is 1. The van der Waals surface area contributed by atoms with E-state index >= 15 is 0 Å². The predicted molar refractivity (Wildman–Crippen MR) is 161 cm³/mol. The number of nitrogens with two attached hydrogens (primary N) is 4. The third kappa shape index (κ3) is 7.46. The van der Waals surface area contributed by atoms with Crippen LogP contribution in [0, 0.1) is 0 Å². The number of phenols is 1. The van der Waals surface area contributed by atoms with Gasteiger partial charge in [0.25, 0.3) is 0 Å². The Morgan fingerprint density at radius 1 is 0.829 bits per heavy atom. The summed E-state index contributed by atoms with van der Waals surface area (Å²) in [6.07, 6.45) is 4.55. The van der Waals surface area contributed by atoms with Crippen molar-refractivity contribution in [2.75, 3.05) is 46.6 Å². The van der Waals surface area contributed by atoms with E-state index in [-0.39, 0.29) is 47.5 Å². The van der Waals surface area contributed by atoms with Crippen molar-refractivity contribution in [2.45, 2.75) is 37.0 Å². The molecule has 1 aromatic heterocycles. The highest BCUT2D eigenvalue weighted by molar-refractivity contribution is 6.02. The number of hydrogen-bond acceptors (Lipinski definition) is 12. The normalized spacial score (nSPS) is 23.0. The number of aromatic nitrogens is 3. The van der Waals surface area contributed by atoms with Crippen molar-refractivity contribution in [1.82, 2.24) is 15.0 Å². The van der Waals surface area contributed by atoms with Gasteiger partial charge in [0.2, 0.25) is 23.8 Å². The molecule has 2 saturated heterocycles. The van der Waals surface area contributed by atoms with Crippen molar-refractivity contribution in [3.8, 4) is 5.75 Å². The summed E-state index contributed by atoms with van der Waals surface area (Å²) in [4.78, 5) is 30.3. The highest BCUT2D eigenvalue weighted by Gasteiger charge is 2.28. The number of anilines is 5. The van der Waals surface area contributed by atoms with Crippen LogP contribution in [0.25, 0.3) is 6.08 Å². The quantitative estimate of drug-likeness (QED) is 0.158. The van der Waals surface area contributed by atoms with Gasteiger partial charge in [-0.2, -0.15) is 15.0 Å². The summed E-state index contributed by atoms with van der Waals surface area (Å²) in [5, 5.41) is 16.5. The van der Waals surface area contributed by atoms with Gasteiger partial charge in [0, 0.05) is 68.2 Å². The second kappa shape index (κ2) is 12.5. The average Bonchev–Trinajstić information content (AvgIpc) is 2.93. The Balaban J connectivity index is 1.35. The first-order chi connectivity index (χ1) is 19.7. The van der Waals surface area contributed by atoms with Crippen LogP contribution in [0.1, 0.15) is 18.4 Å². The van der Waals surface area contributed by atoms with Gasteiger partial charge in [-0.3, -0.25) is 4.79 Å². The molecule has 4 atom stereocenters. The molecule has 11 N–H and O–H groups in total. The Morgan fingerprint density at radius 3 is 1.93 bits per heavy atom. The number of piperidine rings is 2. The molecule has 2 fully saturated rings. The molecule has 216 valence electrons. The lowest BCUT2D eigenvalue weighted by molar-refractivity contribution is -0.111. The SMILES string of the molecule is N[C@@H]1C[C@H](N)CN(c2nc(Nc3ccc(NC(=O)C=Cc4ccccc4)c(O)c3)nc(N3C[C@H](N)C[C@H](N)C3)n2)C1. The Bertz CT molecular complexity index is 1320. The van der Waals surface area contributed by atoms with Crippen LogP contribution in [0.5, 0.6) is 5.75 Å². The van der Waals surface area contributed by atoms with Crippen LogP contribution in [-0.2, 0) is 4.79 Å². The van der Waals surface area contributed by atoms with Gasteiger partial charge in [0.1, 0.15) is 5.75 Å². The van der Waals surface area contributed by atoms with Gasteiger partial charge in [0.05, 0.1) is 5.69 Å². The molecule has 13 nitrogen and oxygen atoms in total. The summed E-state index contributed by atoms with van der Waals surface area (Å²) in [7, 11) is 0. The standard InChI is InChI=1S/C28H37N11O2/c29-18-10-19(30)14-38(13-18)27-35-26(36-28(37-27)39-15-20(31)11-21(32)16-39)33-22-7-8-23(24(40)12-22)34-25(41)9-6-17-4-2-1-3-5-17/h1-9,12,18-21,40H,10-11,13-16,29-32H2,(H,34,41)(H,33,35,36,37)/t18-,19+,20-,21+. The molecule has 13 heteroatoms. The van der Waals surface area contributed by atoms with Gasteiger partial charge in [-0.15, -0.1) is 0 Å². The van der Waals surface area contributed by atoms with Crippen LogP contribution in [0.4, 0.5) is 29.2 Å². The highest BCUT2D eigenvalue weighted by Crippen LogP contribution is 2.29. The molecule has 3 aromatic rings. The summed E-state index contributed by atoms with van der Waals surface area (Å²) in [6, 6.07) is 13.8. The number of nitrogens with zero attached hydrogens (tertiary/aromatic N) is 5. The van der Waals surface area contributed by atoms with E-state index in [1.807, 2.05) is 40.1 Å². The van der Waals surface area contributed by atoms with Gasteiger partial charge in [-0.1, -0.05) is 30.3 Å². The third-order valence-corrected chi connectivity index (χ3v) is 6.95. The third-order valence-electron chi connectivity index (χ3n) is 6.95. The number of amides is 1. The van der Waals surface area contributed by atoms with E-state index in [9.17, 15) is 9.90 Å². The van der Waals surface area contributed by atoms with Gasteiger partial charge in [-0.05, 0) is 36.6 Å². The molecule has 0 saturated carbocycles. The fourth-order valence-corrected chi connectivity index (χ4v) is 5.13. The van der Waals surface area contributed by atoms with E-state index in [0.717, 1.165) is 18.4 Å². The van der Waals surface area contributed by atoms with Crippen LogP contribution in [0.15, 0.2) is 54.6 Å². The molecule has 2 aliphatic rings. The minimum absolute atomic E-state index is 0.102. The molecule has 0 radical (unpaired) electrons. The molecule has 0 unspecified atom stereocenters.